The molecule has 7 heteroatoms. The van der Waals surface area contributed by atoms with Gasteiger partial charge in [-0.1, -0.05) is 17.9 Å². The molecule has 0 saturated carbocycles. The highest BCUT2D eigenvalue weighted by atomic mass is 32.2. The second-order valence-corrected chi connectivity index (χ2v) is 8.27. The Morgan fingerprint density at radius 1 is 1.21 bits per heavy atom. The maximum absolute atomic E-state index is 12.4. The fourth-order valence-electron chi connectivity index (χ4n) is 3.61. The van der Waals surface area contributed by atoms with Gasteiger partial charge in [0.2, 0.25) is 0 Å². The summed E-state index contributed by atoms with van der Waals surface area (Å²) < 4.78 is 2.83. The summed E-state index contributed by atoms with van der Waals surface area (Å²) in [7, 11) is 8.50. The fourth-order valence-corrected chi connectivity index (χ4v) is 4.88. The number of hydrogen-bond acceptors (Lipinski definition) is 3. The molecule has 2 amide bonds. The average Bonchev–Trinajstić information content (AvgIpc) is 3.24. The van der Waals surface area contributed by atoms with Crippen LogP contribution < -0.4 is 15.5 Å². The molecule has 1 aromatic carbocycles. The average molecular weight is 357 g/mol. The smallest absolute Gasteiger partial charge is 0.307 e. The molecule has 2 aliphatic carbocycles. The van der Waals surface area contributed by atoms with Crippen LogP contribution in [0.3, 0.4) is 0 Å². The Balaban J connectivity index is 1.78. The molecule has 1 unspecified atom stereocenters. The predicted octanol–water partition coefficient (Wildman–Crippen LogP) is 3.04. The van der Waals surface area contributed by atoms with Crippen LogP contribution in [-0.4, -0.2) is 25.7 Å². The van der Waals surface area contributed by atoms with Crippen molar-refractivity contribution < 1.29 is 4.79 Å². The van der Waals surface area contributed by atoms with Crippen molar-refractivity contribution in [3.63, 3.8) is 0 Å². The second kappa shape index (κ2) is 7.75. The van der Waals surface area contributed by atoms with Crippen LogP contribution in [0.5, 0.6) is 0 Å². The van der Waals surface area contributed by atoms with E-state index in [1.54, 1.807) is 12.9 Å². The Hall–Kier alpha value is -1.26. The van der Waals surface area contributed by atoms with Gasteiger partial charge in [-0.05, 0) is 69.4 Å². The molecule has 24 heavy (non-hydrogen) atoms. The number of nitrogens with one attached hydrogen (secondary N) is 2. The van der Waals surface area contributed by atoms with Gasteiger partial charge in [-0.15, -0.1) is 0 Å². The highest BCUT2D eigenvalue weighted by Gasteiger charge is 2.27. The SMILES string of the molecule is [B]c1c2c(c(NC(=O)NSC(=NC)PC=C)c3c1CCC3)CCC2. The second-order valence-electron chi connectivity index (χ2n) is 5.95. The molecule has 0 fully saturated rings. The van der Waals surface area contributed by atoms with Crippen molar-refractivity contribution in [3.8, 4) is 0 Å². The van der Waals surface area contributed by atoms with E-state index in [1.165, 1.54) is 34.2 Å². The number of benzene rings is 1. The summed E-state index contributed by atoms with van der Waals surface area (Å²) in [6.45, 7) is 3.71. The number of nitrogens with zero attached hydrogens (tertiary/aromatic N) is 1. The molecule has 3 rings (SSSR count). The largest absolute Gasteiger partial charge is 0.329 e. The van der Waals surface area contributed by atoms with Crippen molar-refractivity contribution in [2.75, 3.05) is 12.4 Å². The number of rotatable bonds is 3. The van der Waals surface area contributed by atoms with Gasteiger partial charge in [0, 0.05) is 24.7 Å². The first-order chi connectivity index (χ1) is 11.7. The first-order valence-electron chi connectivity index (χ1n) is 8.18. The van der Waals surface area contributed by atoms with Crippen molar-refractivity contribution in [1.82, 2.24) is 4.72 Å². The standard InChI is InChI=1S/C17H21BN3OPS/c1-3-23-17(19-2)24-21-16(22)20-15-12-8-4-6-10(12)14(18)11-7-5-9-13(11)15/h3,23H,1,4-9H2,2H3,(H2,20,21,22). The molecule has 4 nitrogen and oxygen atoms in total. The molecule has 0 aliphatic heterocycles. The van der Waals surface area contributed by atoms with Crippen molar-refractivity contribution in [1.29, 1.82) is 0 Å². The van der Waals surface area contributed by atoms with Crippen LogP contribution in [0, 0.1) is 0 Å². The van der Waals surface area contributed by atoms with E-state index in [0.717, 1.165) is 54.5 Å². The highest BCUT2D eigenvalue weighted by Crippen LogP contribution is 2.37. The van der Waals surface area contributed by atoms with Crippen LogP contribution in [0.4, 0.5) is 10.5 Å². The lowest BCUT2D eigenvalue weighted by atomic mass is 9.81. The third kappa shape index (κ3) is 3.40. The van der Waals surface area contributed by atoms with E-state index in [-0.39, 0.29) is 6.03 Å². The Morgan fingerprint density at radius 3 is 2.33 bits per heavy atom. The van der Waals surface area contributed by atoms with Crippen molar-refractivity contribution in [3.05, 3.63) is 34.6 Å². The number of amides is 2. The van der Waals surface area contributed by atoms with Gasteiger partial charge in [0.25, 0.3) is 0 Å². The molecule has 2 aliphatic rings. The quantitative estimate of drug-likeness (QED) is 0.287. The van der Waals surface area contributed by atoms with Crippen molar-refractivity contribution in [2.45, 2.75) is 38.5 Å². The van der Waals surface area contributed by atoms with E-state index in [9.17, 15) is 4.79 Å². The summed E-state index contributed by atoms with van der Waals surface area (Å²) in [4.78, 5) is 17.4. The molecule has 0 bridgehead atoms. The van der Waals surface area contributed by atoms with E-state index in [2.05, 4.69) is 21.6 Å². The highest BCUT2D eigenvalue weighted by molar-refractivity contribution is 8.22. The molecule has 2 N–H and O–H groups in total. The number of fused-ring (bicyclic) bond motifs is 2. The summed E-state index contributed by atoms with van der Waals surface area (Å²) in [5.41, 5.74) is 6.97. The molecule has 0 heterocycles. The zero-order valence-corrected chi connectivity index (χ0v) is 15.7. The minimum Gasteiger partial charge on any atom is -0.307 e. The zero-order chi connectivity index (χ0) is 17.1. The first-order valence-corrected chi connectivity index (χ1v) is 10.1. The zero-order valence-electron chi connectivity index (χ0n) is 13.9. The van der Waals surface area contributed by atoms with Crippen LogP contribution in [0.1, 0.15) is 35.1 Å². The lowest BCUT2D eigenvalue weighted by Crippen LogP contribution is -2.27. The summed E-state index contributed by atoms with van der Waals surface area (Å²) in [5, 5.41) is 3.09. The fraction of sp³-hybridized carbons (Fsp3) is 0.412. The minimum atomic E-state index is -0.206. The van der Waals surface area contributed by atoms with Gasteiger partial charge in [0.1, 0.15) is 12.6 Å². The van der Waals surface area contributed by atoms with Gasteiger partial charge in [0.05, 0.1) is 0 Å². The van der Waals surface area contributed by atoms with Gasteiger partial charge in [-0.3, -0.25) is 9.71 Å². The number of carbonyl (C=O) groups is 1. The van der Waals surface area contributed by atoms with E-state index in [1.807, 2.05) is 0 Å². The Kier molecular flexibility index (Phi) is 5.67. The maximum Gasteiger partial charge on any atom is 0.329 e. The number of hydrogen-bond donors (Lipinski definition) is 2. The Bertz CT molecular complexity index is 685. The number of carbonyl (C=O) groups excluding carboxylic acids is 1. The molecule has 2 radical (unpaired) electrons. The molecular formula is C17H21BN3OPS. The predicted molar refractivity (Wildman–Crippen MR) is 107 cm³/mol. The monoisotopic (exact) mass is 357 g/mol. The third-order valence-electron chi connectivity index (χ3n) is 4.60. The minimum absolute atomic E-state index is 0.206. The summed E-state index contributed by atoms with van der Waals surface area (Å²) >= 11 is 1.25. The lowest BCUT2D eigenvalue weighted by molar-refractivity contribution is 0.257. The van der Waals surface area contributed by atoms with Gasteiger partial charge < -0.3 is 5.32 Å². The maximum atomic E-state index is 12.4. The molecule has 0 spiro atoms. The van der Waals surface area contributed by atoms with Crippen LogP contribution in [0.15, 0.2) is 17.4 Å². The number of aliphatic imine (C=N–C) groups is 1. The number of anilines is 1. The van der Waals surface area contributed by atoms with Crippen LogP contribution in [-0.2, 0) is 25.7 Å². The Morgan fingerprint density at radius 2 is 1.79 bits per heavy atom. The van der Waals surface area contributed by atoms with E-state index in [0.29, 0.717) is 8.58 Å². The first kappa shape index (κ1) is 17.6. The number of urea groups is 1. The summed E-state index contributed by atoms with van der Waals surface area (Å²) in [6.07, 6.45) is 6.25. The lowest BCUT2D eigenvalue weighted by Gasteiger charge is -2.19. The van der Waals surface area contributed by atoms with Crippen molar-refractivity contribution >= 4 is 50.3 Å². The molecule has 1 aromatic rings. The van der Waals surface area contributed by atoms with Gasteiger partial charge >= 0.3 is 6.03 Å². The van der Waals surface area contributed by atoms with E-state index >= 15 is 0 Å². The topological polar surface area (TPSA) is 53.5 Å². The van der Waals surface area contributed by atoms with Gasteiger partial charge in [0.15, 0.2) is 0 Å². The van der Waals surface area contributed by atoms with E-state index < -0.39 is 0 Å². The summed E-state index contributed by atoms with van der Waals surface area (Å²) in [6, 6.07) is -0.206. The molecule has 0 saturated heterocycles. The van der Waals surface area contributed by atoms with Crippen molar-refractivity contribution in [2.24, 2.45) is 4.99 Å². The third-order valence-corrected chi connectivity index (χ3v) is 6.59. The van der Waals surface area contributed by atoms with Crippen LogP contribution >= 0.6 is 20.5 Å². The summed E-state index contributed by atoms with van der Waals surface area (Å²) in [5.74, 6) is 1.80. The van der Waals surface area contributed by atoms with Gasteiger partial charge in [-0.25, -0.2) is 4.79 Å². The van der Waals surface area contributed by atoms with Crippen LogP contribution in [0.2, 0.25) is 0 Å². The molecular weight excluding hydrogens is 336 g/mol. The molecule has 124 valence electrons. The Labute approximate surface area is 150 Å². The van der Waals surface area contributed by atoms with Gasteiger partial charge in [-0.2, -0.15) is 0 Å². The van der Waals surface area contributed by atoms with Crippen LogP contribution in [0.25, 0.3) is 0 Å². The van der Waals surface area contributed by atoms with E-state index in [4.69, 9.17) is 7.85 Å². The molecule has 0 aromatic heterocycles. The normalized spacial score (nSPS) is 16.3. The molecule has 1 atom stereocenters.